The van der Waals surface area contributed by atoms with Crippen molar-refractivity contribution in [1.29, 1.82) is 0 Å². The third kappa shape index (κ3) is 4.65. The minimum atomic E-state index is -0.427. The van der Waals surface area contributed by atoms with Gasteiger partial charge in [-0.2, -0.15) is 0 Å². The Morgan fingerprint density at radius 1 is 1.08 bits per heavy atom. The van der Waals surface area contributed by atoms with E-state index in [9.17, 15) is 9.59 Å². The van der Waals surface area contributed by atoms with Gasteiger partial charge in [0.2, 0.25) is 0 Å². The molecule has 126 valence electrons. The van der Waals surface area contributed by atoms with Gasteiger partial charge in [0, 0.05) is 17.9 Å². The number of thiophene rings is 1. The normalized spacial score (nSPS) is 13.1. The third-order valence-electron chi connectivity index (χ3n) is 4.21. The van der Waals surface area contributed by atoms with Gasteiger partial charge in [0.25, 0.3) is 0 Å². The highest BCUT2D eigenvalue weighted by Crippen LogP contribution is 2.25. The summed E-state index contributed by atoms with van der Waals surface area (Å²) < 4.78 is 5.30. The first kappa shape index (κ1) is 18.1. The summed E-state index contributed by atoms with van der Waals surface area (Å²) in [5, 5.41) is 1.87. The molecule has 1 aromatic carbocycles. The summed E-state index contributed by atoms with van der Waals surface area (Å²) in [5.41, 5.74) is 1.46. The fourth-order valence-corrected chi connectivity index (χ4v) is 3.12. The number of rotatable bonds is 8. The molecule has 0 unspecified atom stereocenters. The molecule has 0 saturated heterocycles. The molecule has 0 aliphatic rings. The van der Waals surface area contributed by atoms with Crippen LogP contribution in [-0.2, 0) is 16.0 Å². The smallest absolute Gasteiger partial charge is 0.333 e. The van der Waals surface area contributed by atoms with Crippen molar-refractivity contribution >= 4 is 23.1 Å². The molecule has 0 saturated carbocycles. The number of ketones is 1. The standard InChI is InChI=1S/C20H22O3S/c1-14(15(2)19(21)18-10-7-13-24-18)16(3)20(22)23-12-11-17-8-5-4-6-9-17/h4-10,13-15H,3,11-12H2,1-2H3/t14-,15-/m1/s1. The van der Waals surface area contributed by atoms with Crippen LogP contribution in [0.15, 0.2) is 60.0 Å². The maximum atomic E-state index is 12.4. The number of ether oxygens (including phenoxy) is 1. The van der Waals surface area contributed by atoms with Crippen LogP contribution in [0.4, 0.5) is 0 Å². The van der Waals surface area contributed by atoms with Gasteiger partial charge in [-0.05, 0) is 22.9 Å². The first-order valence-corrected chi connectivity index (χ1v) is 8.86. The van der Waals surface area contributed by atoms with Crippen LogP contribution >= 0.6 is 11.3 Å². The molecular weight excluding hydrogens is 320 g/mol. The van der Waals surface area contributed by atoms with E-state index in [1.165, 1.54) is 11.3 Å². The first-order chi connectivity index (χ1) is 11.5. The zero-order chi connectivity index (χ0) is 17.5. The fourth-order valence-electron chi connectivity index (χ4n) is 2.36. The first-order valence-electron chi connectivity index (χ1n) is 7.98. The molecular formula is C20H22O3S. The van der Waals surface area contributed by atoms with Gasteiger partial charge in [-0.15, -0.1) is 11.3 Å². The predicted molar refractivity (Wildman–Crippen MR) is 97.2 cm³/mol. The number of hydrogen-bond acceptors (Lipinski definition) is 4. The molecule has 1 aromatic heterocycles. The van der Waals surface area contributed by atoms with Crippen molar-refractivity contribution in [3.8, 4) is 0 Å². The molecule has 2 rings (SSSR count). The largest absolute Gasteiger partial charge is 0.462 e. The molecule has 0 aliphatic carbocycles. The van der Waals surface area contributed by atoms with Crippen LogP contribution in [0.3, 0.4) is 0 Å². The summed E-state index contributed by atoms with van der Waals surface area (Å²) >= 11 is 1.41. The summed E-state index contributed by atoms with van der Waals surface area (Å²) in [6.07, 6.45) is 0.665. The maximum absolute atomic E-state index is 12.4. The van der Waals surface area contributed by atoms with Crippen LogP contribution in [0.5, 0.6) is 0 Å². The highest BCUT2D eigenvalue weighted by atomic mass is 32.1. The topological polar surface area (TPSA) is 43.4 Å². The van der Waals surface area contributed by atoms with Crippen molar-refractivity contribution < 1.29 is 14.3 Å². The van der Waals surface area contributed by atoms with Crippen molar-refractivity contribution in [2.45, 2.75) is 20.3 Å². The lowest BCUT2D eigenvalue weighted by Gasteiger charge is -2.19. The van der Waals surface area contributed by atoms with E-state index >= 15 is 0 Å². The van der Waals surface area contributed by atoms with Crippen LogP contribution < -0.4 is 0 Å². The monoisotopic (exact) mass is 342 g/mol. The lowest BCUT2D eigenvalue weighted by Crippen LogP contribution is -2.24. The van der Waals surface area contributed by atoms with Gasteiger partial charge in [0.15, 0.2) is 5.78 Å². The van der Waals surface area contributed by atoms with Gasteiger partial charge in [-0.3, -0.25) is 4.79 Å². The summed E-state index contributed by atoms with van der Waals surface area (Å²) in [6.45, 7) is 7.82. The van der Waals surface area contributed by atoms with E-state index in [2.05, 4.69) is 6.58 Å². The lowest BCUT2D eigenvalue weighted by molar-refractivity contribution is -0.139. The second kappa shape index (κ2) is 8.60. The Morgan fingerprint density at radius 2 is 1.79 bits per heavy atom. The summed E-state index contributed by atoms with van der Waals surface area (Å²) in [7, 11) is 0. The number of hydrogen-bond donors (Lipinski definition) is 0. The van der Waals surface area contributed by atoms with Crippen LogP contribution in [-0.4, -0.2) is 18.4 Å². The van der Waals surface area contributed by atoms with E-state index < -0.39 is 5.97 Å². The molecule has 0 bridgehead atoms. The van der Waals surface area contributed by atoms with Crippen molar-refractivity contribution in [3.63, 3.8) is 0 Å². The Balaban J connectivity index is 1.85. The number of carbonyl (C=O) groups is 2. The number of esters is 1. The molecule has 0 N–H and O–H groups in total. The van der Waals surface area contributed by atoms with Crippen LogP contribution in [0.25, 0.3) is 0 Å². The molecule has 2 atom stereocenters. The van der Waals surface area contributed by atoms with Gasteiger partial charge in [-0.1, -0.05) is 56.8 Å². The van der Waals surface area contributed by atoms with E-state index in [0.29, 0.717) is 23.5 Å². The Morgan fingerprint density at radius 3 is 2.42 bits per heavy atom. The van der Waals surface area contributed by atoms with Crippen molar-refractivity contribution in [2.75, 3.05) is 6.61 Å². The van der Waals surface area contributed by atoms with Crippen LogP contribution in [0.1, 0.15) is 29.1 Å². The number of Topliss-reactive ketones (excluding diaryl/α,β-unsaturated/α-hetero) is 1. The van der Waals surface area contributed by atoms with E-state index in [-0.39, 0.29) is 17.6 Å². The molecule has 24 heavy (non-hydrogen) atoms. The van der Waals surface area contributed by atoms with Crippen molar-refractivity contribution in [1.82, 2.24) is 0 Å². The van der Waals surface area contributed by atoms with Crippen LogP contribution in [0.2, 0.25) is 0 Å². The van der Waals surface area contributed by atoms with E-state index in [1.807, 2.05) is 55.6 Å². The van der Waals surface area contributed by atoms with Gasteiger partial charge in [-0.25, -0.2) is 4.79 Å². The lowest BCUT2D eigenvalue weighted by atomic mass is 9.86. The molecule has 0 radical (unpaired) electrons. The second-order valence-corrected chi connectivity index (χ2v) is 6.76. The Labute approximate surface area is 147 Å². The molecule has 1 heterocycles. The summed E-state index contributed by atoms with van der Waals surface area (Å²) in [6, 6.07) is 13.5. The molecule has 3 nitrogen and oxygen atoms in total. The maximum Gasteiger partial charge on any atom is 0.333 e. The van der Waals surface area contributed by atoms with Gasteiger partial charge in [0.1, 0.15) is 0 Å². The van der Waals surface area contributed by atoms with Gasteiger partial charge < -0.3 is 4.74 Å². The quantitative estimate of drug-likeness (QED) is 0.402. The molecule has 4 heteroatoms. The molecule has 2 aromatic rings. The highest BCUT2D eigenvalue weighted by molar-refractivity contribution is 7.12. The number of carbonyl (C=O) groups excluding carboxylic acids is 2. The second-order valence-electron chi connectivity index (χ2n) is 5.82. The Bertz CT molecular complexity index is 689. The Hall–Kier alpha value is -2.20. The predicted octanol–water partition coefficient (Wildman–Crippen LogP) is 4.55. The molecule has 0 spiro atoms. The average molecular weight is 342 g/mol. The summed E-state index contributed by atoms with van der Waals surface area (Å²) in [5.74, 6) is -0.957. The van der Waals surface area contributed by atoms with E-state index in [0.717, 1.165) is 5.56 Å². The highest BCUT2D eigenvalue weighted by Gasteiger charge is 2.27. The molecule has 0 amide bonds. The van der Waals surface area contributed by atoms with Gasteiger partial charge in [0.05, 0.1) is 11.5 Å². The zero-order valence-electron chi connectivity index (χ0n) is 14.0. The summed E-state index contributed by atoms with van der Waals surface area (Å²) in [4.78, 5) is 25.3. The minimum Gasteiger partial charge on any atom is -0.462 e. The zero-order valence-corrected chi connectivity index (χ0v) is 14.8. The fraction of sp³-hybridized carbons (Fsp3) is 0.300. The van der Waals surface area contributed by atoms with E-state index in [1.54, 1.807) is 6.07 Å². The van der Waals surface area contributed by atoms with Gasteiger partial charge >= 0.3 is 5.97 Å². The molecule has 0 fully saturated rings. The van der Waals surface area contributed by atoms with Crippen molar-refractivity contribution in [3.05, 3.63) is 70.4 Å². The minimum absolute atomic E-state index is 0.0377. The van der Waals surface area contributed by atoms with Crippen molar-refractivity contribution in [2.24, 2.45) is 11.8 Å². The Kier molecular flexibility index (Phi) is 6.50. The SMILES string of the molecule is C=C(C(=O)OCCc1ccccc1)[C@H](C)[C@@H](C)C(=O)c1cccs1. The average Bonchev–Trinajstić information content (AvgIpc) is 3.14. The molecule has 0 aliphatic heterocycles. The third-order valence-corrected chi connectivity index (χ3v) is 5.09. The van der Waals surface area contributed by atoms with Crippen LogP contribution in [0, 0.1) is 11.8 Å². The number of benzene rings is 1. The van der Waals surface area contributed by atoms with E-state index in [4.69, 9.17) is 4.74 Å².